The van der Waals surface area contributed by atoms with Crippen molar-refractivity contribution < 1.29 is 8.81 Å². The van der Waals surface area contributed by atoms with Gasteiger partial charge in [-0.15, -0.1) is 6.42 Å². The van der Waals surface area contributed by atoms with E-state index < -0.39 is 0 Å². The summed E-state index contributed by atoms with van der Waals surface area (Å²) < 4.78 is 18.9. The molecule has 3 heteroatoms. The fourth-order valence-electron chi connectivity index (χ4n) is 2.00. The predicted octanol–water partition coefficient (Wildman–Crippen LogP) is 3.55. The van der Waals surface area contributed by atoms with Gasteiger partial charge >= 0.3 is 0 Å². The van der Waals surface area contributed by atoms with E-state index in [1.54, 1.807) is 6.07 Å². The molecule has 0 aliphatic carbocycles. The van der Waals surface area contributed by atoms with E-state index in [0.717, 1.165) is 23.9 Å². The fourth-order valence-corrected chi connectivity index (χ4v) is 2.00. The molecule has 2 rings (SSSR count). The van der Waals surface area contributed by atoms with Crippen molar-refractivity contribution in [1.82, 2.24) is 5.32 Å². The maximum Gasteiger partial charge on any atom is 0.137 e. The van der Waals surface area contributed by atoms with Gasteiger partial charge in [0.1, 0.15) is 23.2 Å². The third kappa shape index (κ3) is 2.25. The molecule has 94 valence electrons. The van der Waals surface area contributed by atoms with E-state index in [2.05, 4.69) is 18.2 Å². The Morgan fingerprint density at radius 2 is 2.28 bits per heavy atom. The number of aryl methyl sites for hydroxylation is 1. The van der Waals surface area contributed by atoms with Crippen molar-refractivity contribution in [3.05, 3.63) is 35.3 Å². The zero-order valence-corrected chi connectivity index (χ0v) is 10.6. The van der Waals surface area contributed by atoms with Crippen molar-refractivity contribution in [2.45, 2.75) is 26.3 Å². The molecule has 2 nitrogen and oxygen atoms in total. The Morgan fingerprint density at radius 3 is 2.94 bits per heavy atom. The molecule has 0 bridgehead atoms. The van der Waals surface area contributed by atoms with E-state index in [0.29, 0.717) is 11.3 Å². The van der Waals surface area contributed by atoms with Crippen molar-refractivity contribution in [2.24, 2.45) is 0 Å². The van der Waals surface area contributed by atoms with Crippen molar-refractivity contribution in [1.29, 1.82) is 0 Å². The molecule has 1 aromatic heterocycles. The van der Waals surface area contributed by atoms with Gasteiger partial charge < -0.3 is 4.42 Å². The molecule has 0 amide bonds. The standard InChI is InChI=1S/C15H16FNO/c1-4-8-17-13(5-2)15-10(3)12-9-11(16)6-7-14(12)18-15/h2,6-7,9,13,17H,4,8H2,1,3H3. The third-order valence-corrected chi connectivity index (χ3v) is 2.96. The van der Waals surface area contributed by atoms with Crippen LogP contribution in [0.5, 0.6) is 0 Å². The molecule has 2 aromatic rings. The van der Waals surface area contributed by atoms with Crippen LogP contribution in [0.25, 0.3) is 11.0 Å². The van der Waals surface area contributed by atoms with Crippen LogP contribution in [0.2, 0.25) is 0 Å². The van der Waals surface area contributed by atoms with Crippen LogP contribution in [0, 0.1) is 25.1 Å². The maximum atomic E-state index is 13.2. The average Bonchev–Trinajstić information content (AvgIpc) is 2.68. The van der Waals surface area contributed by atoms with Crippen LogP contribution in [-0.2, 0) is 0 Å². The summed E-state index contributed by atoms with van der Waals surface area (Å²) in [6.07, 6.45) is 6.51. The summed E-state index contributed by atoms with van der Waals surface area (Å²) in [6, 6.07) is 4.24. The molecule has 18 heavy (non-hydrogen) atoms. The summed E-state index contributed by atoms with van der Waals surface area (Å²) in [7, 11) is 0. The van der Waals surface area contributed by atoms with Crippen LogP contribution >= 0.6 is 0 Å². The van der Waals surface area contributed by atoms with Gasteiger partial charge in [0.25, 0.3) is 0 Å². The summed E-state index contributed by atoms with van der Waals surface area (Å²) in [5.41, 5.74) is 1.57. The predicted molar refractivity (Wildman–Crippen MR) is 70.8 cm³/mol. The smallest absolute Gasteiger partial charge is 0.137 e. The maximum absolute atomic E-state index is 13.2. The van der Waals surface area contributed by atoms with E-state index in [1.165, 1.54) is 12.1 Å². The minimum Gasteiger partial charge on any atom is -0.458 e. The van der Waals surface area contributed by atoms with Crippen LogP contribution in [0.1, 0.15) is 30.7 Å². The van der Waals surface area contributed by atoms with Crippen molar-refractivity contribution in [3.8, 4) is 12.3 Å². The number of furan rings is 1. The number of terminal acetylenes is 1. The van der Waals surface area contributed by atoms with Gasteiger partial charge in [-0.25, -0.2) is 4.39 Å². The Balaban J connectivity index is 2.44. The first-order chi connectivity index (χ1) is 8.67. The van der Waals surface area contributed by atoms with Crippen LogP contribution < -0.4 is 5.32 Å². The lowest BCUT2D eigenvalue weighted by molar-refractivity contribution is 0.481. The van der Waals surface area contributed by atoms with E-state index in [9.17, 15) is 4.39 Å². The minimum absolute atomic E-state index is 0.264. The Kier molecular flexibility index (Phi) is 3.69. The van der Waals surface area contributed by atoms with Gasteiger partial charge in [-0.3, -0.25) is 5.32 Å². The number of nitrogens with one attached hydrogen (secondary N) is 1. The Labute approximate surface area is 106 Å². The summed E-state index contributed by atoms with van der Waals surface area (Å²) in [4.78, 5) is 0. The number of rotatable bonds is 4. The molecule has 1 aromatic carbocycles. The Bertz CT molecular complexity index is 594. The summed E-state index contributed by atoms with van der Waals surface area (Å²) in [5.74, 6) is 3.10. The molecule has 0 aliphatic rings. The highest BCUT2D eigenvalue weighted by atomic mass is 19.1. The van der Waals surface area contributed by atoms with Crippen molar-refractivity contribution in [2.75, 3.05) is 6.54 Å². The first-order valence-corrected chi connectivity index (χ1v) is 6.05. The van der Waals surface area contributed by atoms with Gasteiger partial charge in [-0.05, 0) is 38.1 Å². The molecular formula is C15H16FNO. The summed E-state index contributed by atoms with van der Waals surface area (Å²) in [6.45, 7) is 4.79. The molecule has 0 fully saturated rings. The van der Waals surface area contributed by atoms with Crippen LogP contribution in [0.3, 0.4) is 0 Å². The van der Waals surface area contributed by atoms with E-state index in [4.69, 9.17) is 10.8 Å². The molecular weight excluding hydrogens is 229 g/mol. The van der Waals surface area contributed by atoms with Crippen molar-refractivity contribution >= 4 is 11.0 Å². The Morgan fingerprint density at radius 1 is 1.50 bits per heavy atom. The second kappa shape index (κ2) is 5.24. The third-order valence-electron chi connectivity index (χ3n) is 2.96. The second-order valence-corrected chi connectivity index (χ2v) is 4.29. The highest BCUT2D eigenvalue weighted by Gasteiger charge is 2.18. The molecule has 0 aliphatic heterocycles. The number of hydrogen-bond donors (Lipinski definition) is 1. The lowest BCUT2D eigenvalue weighted by Gasteiger charge is -2.10. The minimum atomic E-state index is -0.267. The highest BCUT2D eigenvalue weighted by Crippen LogP contribution is 2.29. The first kappa shape index (κ1) is 12.7. The van der Waals surface area contributed by atoms with Gasteiger partial charge in [-0.2, -0.15) is 0 Å². The zero-order chi connectivity index (χ0) is 13.1. The average molecular weight is 245 g/mol. The van der Waals surface area contributed by atoms with Crippen LogP contribution in [0.15, 0.2) is 22.6 Å². The molecule has 0 radical (unpaired) electrons. The molecule has 0 saturated carbocycles. The molecule has 1 atom stereocenters. The molecule has 1 N–H and O–H groups in total. The second-order valence-electron chi connectivity index (χ2n) is 4.29. The van der Waals surface area contributed by atoms with E-state index in [-0.39, 0.29) is 11.9 Å². The molecule has 0 spiro atoms. The molecule has 1 unspecified atom stereocenters. The highest BCUT2D eigenvalue weighted by molar-refractivity contribution is 5.82. The van der Waals surface area contributed by atoms with Crippen LogP contribution in [0.4, 0.5) is 4.39 Å². The number of halogens is 1. The monoisotopic (exact) mass is 245 g/mol. The van der Waals surface area contributed by atoms with Crippen LogP contribution in [-0.4, -0.2) is 6.54 Å². The largest absolute Gasteiger partial charge is 0.458 e. The van der Waals surface area contributed by atoms with Crippen molar-refractivity contribution in [3.63, 3.8) is 0 Å². The van der Waals surface area contributed by atoms with Gasteiger partial charge in [0.2, 0.25) is 0 Å². The normalized spacial score (nSPS) is 12.6. The number of fused-ring (bicyclic) bond motifs is 1. The first-order valence-electron chi connectivity index (χ1n) is 6.05. The topological polar surface area (TPSA) is 25.2 Å². The Hall–Kier alpha value is -1.79. The summed E-state index contributed by atoms with van der Waals surface area (Å²) >= 11 is 0. The SMILES string of the molecule is C#CC(NCCC)c1oc2ccc(F)cc2c1C. The van der Waals surface area contributed by atoms with Gasteiger partial charge in [0, 0.05) is 10.9 Å². The molecule has 0 saturated heterocycles. The zero-order valence-electron chi connectivity index (χ0n) is 10.6. The lowest BCUT2D eigenvalue weighted by Crippen LogP contribution is -2.20. The van der Waals surface area contributed by atoms with E-state index >= 15 is 0 Å². The van der Waals surface area contributed by atoms with Gasteiger partial charge in [-0.1, -0.05) is 12.8 Å². The summed E-state index contributed by atoms with van der Waals surface area (Å²) in [5, 5.41) is 4.01. The molecule has 1 heterocycles. The quantitative estimate of drug-likeness (QED) is 0.833. The van der Waals surface area contributed by atoms with E-state index in [1.807, 2.05) is 6.92 Å². The number of benzene rings is 1. The van der Waals surface area contributed by atoms with Gasteiger partial charge in [0.15, 0.2) is 0 Å². The van der Waals surface area contributed by atoms with Gasteiger partial charge in [0.05, 0.1) is 0 Å². The fraction of sp³-hybridized carbons (Fsp3) is 0.333. The number of hydrogen-bond acceptors (Lipinski definition) is 2. The lowest BCUT2D eigenvalue weighted by atomic mass is 10.1.